The van der Waals surface area contributed by atoms with Crippen LogP contribution in [0.2, 0.25) is 0 Å². The molecule has 5 heteroatoms. The van der Waals surface area contributed by atoms with Crippen molar-refractivity contribution in [3.05, 3.63) is 24.3 Å². The molecule has 3 unspecified atom stereocenters. The van der Waals surface area contributed by atoms with Crippen molar-refractivity contribution in [2.75, 3.05) is 23.0 Å². The van der Waals surface area contributed by atoms with E-state index in [4.69, 9.17) is 4.74 Å². The number of rotatable bonds is 5. The minimum atomic E-state index is -0.351. The van der Waals surface area contributed by atoms with Gasteiger partial charge in [-0.05, 0) is 37.8 Å². The first-order chi connectivity index (χ1) is 12.5. The van der Waals surface area contributed by atoms with Gasteiger partial charge in [0, 0.05) is 20.1 Å². The number of unbranched alkanes of at least 4 members (excludes halogenated alkanes) is 2. The Balaban J connectivity index is 1.83. The van der Waals surface area contributed by atoms with Gasteiger partial charge in [0.05, 0.1) is 17.4 Å². The zero-order chi connectivity index (χ0) is 18.7. The number of amides is 2. The van der Waals surface area contributed by atoms with Crippen LogP contribution in [0.15, 0.2) is 24.3 Å². The lowest BCUT2D eigenvalue weighted by Crippen LogP contribution is -2.54. The second-order valence-corrected chi connectivity index (χ2v) is 7.51. The molecule has 0 aliphatic carbocycles. The van der Waals surface area contributed by atoms with E-state index in [0.717, 1.165) is 30.6 Å². The number of hydrogen-bond acceptors (Lipinski definition) is 3. The Morgan fingerprint density at radius 1 is 1.19 bits per heavy atom. The molecule has 3 atom stereocenters. The average molecular weight is 358 g/mol. The molecule has 0 N–H and O–H groups in total. The van der Waals surface area contributed by atoms with Crippen molar-refractivity contribution in [2.24, 2.45) is 5.92 Å². The third kappa shape index (κ3) is 3.63. The SMILES string of the molecule is CCCCCC1CCOC1C(=O)N1CC(C)N(C(C)=O)c2ccccc21. The normalized spacial score (nSPS) is 25.3. The molecule has 142 valence electrons. The lowest BCUT2D eigenvalue weighted by Gasteiger charge is -2.41. The van der Waals surface area contributed by atoms with Crippen LogP contribution in [0.5, 0.6) is 0 Å². The van der Waals surface area contributed by atoms with Crippen molar-refractivity contribution in [3.63, 3.8) is 0 Å². The maximum absolute atomic E-state index is 13.3. The Labute approximate surface area is 156 Å². The second-order valence-electron chi connectivity index (χ2n) is 7.51. The molecule has 0 aromatic heterocycles. The number of hydrogen-bond donors (Lipinski definition) is 0. The number of fused-ring (bicyclic) bond motifs is 1. The van der Waals surface area contributed by atoms with Gasteiger partial charge in [0.15, 0.2) is 0 Å². The molecule has 2 heterocycles. The highest BCUT2D eigenvalue weighted by molar-refractivity contribution is 6.05. The molecule has 2 amide bonds. The van der Waals surface area contributed by atoms with Gasteiger partial charge in [-0.3, -0.25) is 9.59 Å². The van der Waals surface area contributed by atoms with Crippen LogP contribution in [-0.2, 0) is 14.3 Å². The molecule has 1 saturated heterocycles. The summed E-state index contributed by atoms with van der Waals surface area (Å²) in [4.78, 5) is 29.0. The Hall–Kier alpha value is -1.88. The van der Waals surface area contributed by atoms with E-state index in [1.54, 1.807) is 11.8 Å². The van der Waals surface area contributed by atoms with E-state index < -0.39 is 0 Å². The maximum atomic E-state index is 13.3. The van der Waals surface area contributed by atoms with Crippen LogP contribution in [0.3, 0.4) is 0 Å². The Morgan fingerprint density at radius 3 is 2.62 bits per heavy atom. The number of ether oxygens (including phenoxy) is 1. The van der Waals surface area contributed by atoms with E-state index in [9.17, 15) is 9.59 Å². The standard InChI is InChI=1S/C21H30N2O3/c1-4-5-6-9-17-12-13-26-20(17)21(25)22-14-15(2)23(16(3)24)19-11-8-7-10-18(19)22/h7-8,10-11,15,17,20H,4-6,9,12-14H2,1-3H3. The summed E-state index contributed by atoms with van der Waals surface area (Å²) in [5.41, 5.74) is 1.63. The van der Waals surface area contributed by atoms with Gasteiger partial charge >= 0.3 is 0 Å². The summed E-state index contributed by atoms with van der Waals surface area (Å²) >= 11 is 0. The monoisotopic (exact) mass is 358 g/mol. The van der Waals surface area contributed by atoms with Gasteiger partial charge in [-0.2, -0.15) is 0 Å². The van der Waals surface area contributed by atoms with Crippen LogP contribution < -0.4 is 9.80 Å². The molecule has 3 rings (SSSR count). The highest BCUT2D eigenvalue weighted by Gasteiger charge is 2.40. The summed E-state index contributed by atoms with van der Waals surface area (Å²) in [6.45, 7) is 6.94. The lowest BCUT2D eigenvalue weighted by molar-refractivity contribution is -0.129. The first kappa shape index (κ1) is 18.9. The molecule has 2 aliphatic heterocycles. The molecular formula is C21H30N2O3. The Morgan fingerprint density at radius 2 is 1.92 bits per heavy atom. The average Bonchev–Trinajstić information content (AvgIpc) is 3.08. The molecule has 1 aromatic carbocycles. The van der Waals surface area contributed by atoms with Crippen LogP contribution in [0.4, 0.5) is 11.4 Å². The second kappa shape index (κ2) is 8.21. The summed E-state index contributed by atoms with van der Waals surface area (Å²) in [7, 11) is 0. The highest BCUT2D eigenvalue weighted by Crippen LogP contribution is 2.37. The van der Waals surface area contributed by atoms with Crippen LogP contribution >= 0.6 is 0 Å². The summed E-state index contributed by atoms with van der Waals surface area (Å²) in [5, 5.41) is 0. The van der Waals surface area contributed by atoms with Gasteiger partial charge in [0.1, 0.15) is 6.10 Å². The van der Waals surface area contributed by atoms with E-state index >= 15 is 0 Å². The molecular weight excluding hydrogens is 328 g/mol. The summed E-state index contributed by atoms with van der Waals surface area (Å²) in [5.74, 6) is 0.362. The molecule has 0 saturated carbocycles. The molecule has 26 heavy (non-hydrogen) atoms. The van der Waals surface area contributed by atoms with Crippen LogP contribution in [-0.4, -0.2) is 37.1 Å². The molecule has 1 aromatic rings. The summed E-state index contributed by atoms with van der Waals surface area (Å²) in [6, 6.07) is 7.62. The molecule has 5 nitrogen and oxygen atoms in total. The smallest absolute Gasteiger partial charge is 0.256 e. The third-order valence-electron chi connectivity index (χ3n) is 5.56. The van der Waals surface area contributed by atoms with Crippen molar-refractivity contribution >= 4 is 23.2 Å². The van der Waals surface area contributed by atoms with Gasteiger partial charge in [-0.15, -0.1) is 0 Å². The van der Waals surface area contributed by atoms with Crippen molar-refractivity contribution in [3.8, 4) is 0 Å². The van der Waals surface area contributed by atoms with E-state index in [2.05, 4.69) is 6.92 Å². The predicted octanol–water partition coefficient (Wildman–Crippen LogP) is 3.76. The van der Waals surface area contributed by atoms with Crippen LogP contribution in [0, 0.1) is 5.92 Å². The topological polar surface area (TPSA) is 49.9 Å². The molecule has 0 spiro atoms. The highest BCUT2D eigenvalue weighted by atomic mass is 16.5. The van der Waals surface area contributed by atoms with Gasteiger partial charge < -0.3 is 14.5 Å². The van der Waals surface area contributed by atoms with Crippen molar-refractivity contribution < 1.29 is 14.3 Å². The third-order valence-corrected chi connectivity index (χ3v) is 5.56. The summed E-state index contributed by atoms with van der Waals surface area (Å²) < 4.78 is 5.86. The Kier molecular flexibility index (Phi) is 5.97. The fourth-order valence-electron chi connectivity index (χ4n) is 4.28. The van der Waals surface area contributed by atoms with Crippen molar-refractivity contribution in [1.29, 1.82) is 0 Å². The summed E-state index contributed by atoms with van der Waals surface area (Å²) in [6.07, 6.45) is 5.20. The van der Waals surface area contributed by atoms with E-state index in [1.165, 1.54) is 12.8 Å². The quantitative estimate of drug-likeness (QED) is 0.753. The van der Waals surface area contributed by atoms with Crippen molar-refractivity contribution in [1.82, 2.24) is 0 Å². The van der Waals surface area contributed by atoms with Gasteiger partial charge in [0.25, 0.3) is 5.91 Å². The van der Waals surface area contributed by atoms with Gasteiger partial charge in [0.2, 0.25) is 5.91 Å². The molecule has 0 radical (unpaired) electrons. The Bertz CT molecular complexity index is 660. The van der Waals surface area contributed by atoms with E-state index in [-0.39, 0.29) is 24.0 Å². The lowest BCUT2D eigenvalue weighted by atomic mass is 9.93. The maximum Gasteiger partial charge on any atom is 0.256 e. The van der Waals surface area contributed by atoms with Crippen LogP contribution in [0.1, 0.15) is 52.9 Å². The number of nitrogens with zero attached hydrogens (tertiary/aromatic N) is 2. The predicted molar refractivity (Wildman–Crippen MR) is 103 cm³/mol. The minimum Gasteiger partial charge on any atom is -0.368 e. The number of carbonyl (C=O) groups excluding carboxylic acids is 2. The minimum absolute atomic E-state index is 0.00612. The zero-order valence-corrected chi connectivity index (χ0v) is 16.1. The van der Waals surface area contributed by atoms with E-state index in [1.807, 2.05) is 36.1 Å². The van der Waals surface area contributed by atoms with Crippen molar-refractivity contribution in [2.45, 2.75) is 65.0 Å². The first-order valence-electron chi connectivity index (χ1n) is 9.86. The van der Waals surface area contributed by atoms with Gasteiger partial charge in [-0.25, -0.2) is 0 Å². The number of anilines is 2. The number of para-hydroxylation sites is 2. The fraction of sp³-hybridized carbons (Fsp3) is 0.619. The molecule has 1 fully saturated rings. The molecule has 2 aliphatic rings. The first-order valence-corrected chi connectivity index (χ1v) is 9.86. The number of benzene rings is 1. The van der Waals surface area contributed by atoms with Gasteiger partial charge in [-0.1, -0.05) is 38.3 Å². The molecule has 0 bridgehead atoms. The fourth-order valence-corrected chi connectivity index (χ4v) is 4.28. The zero-order valence-electron chi connectivity index (χ0n) is 16.1. The number of carbonyl (C=O) groups is 2. The van der Waals surface area contributed by atoms with Crippen LogP contribution in [0.25, 0.3) is 0 Å². The van der Waals surface area contributed by atoms with E-state index in [0.29, 0.717) is 19.1 Å². The largest absolute Gasteiger partial charge is 0.368 e.